The van der Waals surface area contributed by atoms with Gasteiger partial charge in [-0.2, -0.15) is 0 Å². The minimum Gasteiger partial charge on any atom is -0.466 e. The van der Waals surface area contributed by atoms with Crippen LogP contribution in [0.1, 0.15) is 335 Å². The molecule has 0 bridgehead atoms. The van der Waals surface area contributed by atoms with Crippen molar-refractivity contribution in [2.75, 3.05) is 13.2 Å². The number of nitrogens with one attached hydrogen (secondary N) is 1. The second-order valence-corrected chi connectivity index (χ2v) is 20.7. The predicted octanol–water partition coefficient (Wildman–Crippen LogP) is 18.5. The minimum absolute atomic E-state index is 0.0000995. The highest BCUT2D eigenvalue weighted by Crippen LogP contribution is 2.18. The zero-order chi connectivity index (χ0) is 47.9. The van der Waals surface area contributed by atoms with Crippen molar-refractivity contribution < 1.29 is 24.5 Å². The average molecular weight is 933 g/mol. The Labute approximate surface area is 412 Å². The number of allylic oxidation sites excluding steroid dienone is 1. The molecule has 0 aromatic heterocycles. The number of unbranched alkanes of at least 4 members (excludes halogenated alkanes) is 45. The van der Waals surface area contributed by atoms with Crippen molar-refractivity contribution in [3.8, 4) is 0 Å². The number of rotatable bonds is 56. The number of carbonyl (C=O) groups excluding carboxylic acids is 2. The van der Waals surface area contributed by atoms with E-state index in [4.69, 9.17) is 4.74 Å². The van der Waals surface area contributed by atoms with E-state index in [1.165, 1.54) is 263 Å². The fourth-order valence-electron chi connectivity index (χ4n) is 9.46. The smallest absolute Gasteiger partial charge is 0.305 e. The second-order valence-electron chi connectivity index (χ2n) is 20.7. The first kappa shape index (κ1) is 64.6. The number of hydrogen-bond donors (Lipinski definition) is 3. The topological polar surface area (TPSA) is 95.9 Å². The van der Waals surface area contributed by atoms with Gasteiger partial charge in [0.25, 0.3) is 0 Å². The summed E-state index contributed by atoms with van der Waals surface area (Å²) in [6.07, 6.45) is 66.7. The largest absolute Gasteiger partial charge is 0.466 e. The molecule has 6 nitrogen and oxygen atoms in total. The van der Waals surface area contributed by atoms with E-state index in [0.717, 1.165) is 44.9 Å². The zero-order valence-corrected chi connectivity index (χ0v) is 44.7. The van der Waals surface area contributed by atoms with Crippen LogP contribution in [-0.2, 0) is 14.3 Å². The van der Waals surface area contributed by atoms with Crippen LogP contribution in [0.4, 0.5) is 0 Å². The van der Waals surface area contributed by atoms with Crippen molar-refractivity contribution in [3.05, 3.63) is 12.2 Å². The van der Waals surface area contributed by atoms with E-state index in [-0.39, 0.29) is 18.5 Å². The Hall–Kier alpha value is -1.40. The summed E-state index contributed by atoms with van der Waals surface area (Å²) in [6, 6.07) is -0.634. The van der Waals surface area contributed by atoms with Crippen LogP contribution in [0.15, 0.2) is 12.2 Å². The summed E-state index contributed by atoms with van der Waals surface area (Å²) in [7, 11) is 0. The Bertz CT molecular complexity index is 986. The summed E-state index contributed by atoms with van der Waals surface area (Å²) in [5, 5.41) is 23.2. The van der Waals surface area contributed by atoms with Crippen molar-refractivity contribution in [1.82, 2.24) is 5.32 Å². The maximum Gasteiger partial charge on any atom is 0.305 e. The lowest BCUT2D eigenvalue weighted by Gasteiger charge is -2.20. The summed E-state index contributed by atoms with van der Waals surface area (Å²) in [5.41, 5.74) is 0. The first-order chi connectivity index (χ1) is 32.5. The highest BCUT2D eigenvalue weighted by atomic mass is 16.5. The third-order valence-corrected chi connectivity index (χ3v) is 14.1. The summed E-state index contributed by atoms with van der Waals surface area (Å²) in [6.45, 7) is 4.91. The maximum absolute atomic E-state index is 12.5. The molecule has 6 heteroatoms. The molecule has 3 N–H and O–H groups in total. The van der Waals surface area contributed by atoms with Gasteiger partial charge in [-0.25, -0.2) is 0 Å². The molecule has 66 heavy (non-hydrogen) atoms. The third kappa shape index (κ3) is 52.0. The van der Waals surface area contributed by atoms with Crippen LogP contribution in [0, 0.1) is 0 Å². The highest BCUT2D eigenvalue weighted by Gasteiger charge is 2.18. The quantitative estimate of drug-likeness (QED) is 0.0321. The minimum atomic E-state index is -0.850. The SMILES string of the molecule is CCCCCCCCCCCCCCCCCCCCCCC/C=C/C(O)C(CO)NC(=O)CCCCCCCCCCCCCCCCCOC(=O)CCCCCCCCCCCCC. The van der Waals surface area contributed by atoms with E-state index in [9.17, 15) is 19.8 Å². The molecule has 0 saturated heterocycles. The standard InChI is InChI=1S/C60H117NO5/c1-3-5-7-9-11-13-15-16-17-18-19-20-21-22-23-24-26-29-33-36-40-44-48-52-58(63)57(56-62)61-59(64)53-49-45-41-37-34-30-27-25-28-31-35-39-43-47-51-55-66-60(65)54-50-46-42-38-32-14-12-10-8-6-4-2/h48,52,57-58,62-63H,3-47,49-51,53-56H2,1-2H3,(H,61,64)/b52-48+. The fourth-order valence-corrected chi connectivity index (χ4v) is 9.46. The van der Waals surface area contributed by atoms with E-state index >= 15 is 0 Å². The number of ether oxygens (including phenoxy) is 1. The first-order valence-electron chi connectivity index (χ1n) is 30.0. The molecular weight excluding hydrogens is 815 g/mol. The molecule has 1 amide bonds. The summed E-state index contributed by atoms with van der Waals surface area (Å²) in [4.78, 5) is 24.5. The molecule has 0 heterocycles. The molecule has 0 aliphatic heterocycles. The lowest BCUT2D eigenvalue weighted by atomic mass is 10.0. The van der Waals surface area contributed by atoms with Crippen LogP contribution < -0.4 is 5.32 Å². The Morgan fingerprint density at radius 2 is 0.697 bits per heavy atom. The molecule has 0 aromatic rings. The van der Waals surface area contributed by atoms with E-state index in [1.54, 1.807) is 6.08 Å². The van der Waals surface area contributed by atoms with Gasteiger partial charge in [0, 0.05) is 12.8 Å². The number of aliphatic hydroxyl groups excluding tert-OH is 2. The Morgan fingerprint density at radius 3 is 1.03 bits per heavy atom. The van der Waals surface area contributed by atoms with Crippen LogP contribution in [0.2, 0.25) is 0 Å². The van der Waals surface area contributed by atoms with Gasteiger partial charge >= 0.3 is 5.97 Å². The van der Waals surface area contributed by atoms with Crippen LogP contribution in [0.3, 0.4) is 0 Å². The Kier molecular flexibility index (Phi) is 55.0. The lowest BCUT2D eigenvalue weighted by Crippen LogP contribution is -2.45. The van der Waals surface area contributed by atoms with Crippen molar-refractivity contribution in [2.45, 2.75) is 347 Å². The van der Waals surface area contributed by atoms with Crippen LogP contribution in [-0.4, -0.2) is 47.4 Å². The van der Waals surface area contributed by atoms with Gasteiger partial charge in [-0.05, 0) is 32.1 Å². The molecule has 2 unspecified atom stereocenters. The Morgan fingerprint density at radius 1 is 0.409 bits per heavy atom. The molecule has 0 rings (SSSR count). The van der Waals surface area contributed by atoms with E-state index in [0.29, 0.717) is 19.4 Å². The lowest BCUT2D eigenvalue weighted by molar-refractivity contribution is -0.143. The van der Waals surface area contributed by atoms with Gasteiger partial charge in [0.1, 0.15) is 0 Å². The maximum atomic E-state index is 12.5. The number of carbonyl (C=O) groups is 2. The third-order valence-electron chi connectivity index (χ3n) is 14.1. The van der Waals surface area contributed by atoms with Crippen LogP contribution in [0.5, 0.6) is 0 Å². The highest BCUT2D eigenvalue weighted by molar-refractivity contribution is 5.76. The van der Waals surface area contributed by atoms with E-state index in [1.807, 2.05) is 6.08 Å². The molecule has 392 valence electrons. The van der Waals surface area contributed by atoms with Gasteiger partial charge in [0.05, 0.1) is 25.4 Å². The summed E-state index contributed by atoms with van der Waals surface area (Å²) < 4.78 is 5.46. The van der Waals surface area contributed by atoms with Gasteiger partial charge in [-0.15, -0.1) is 0 Å². The zero-order valence-electron chi connectivity index (χ0n) is 44.7. The number of aliphatic hydroxyl groups is 2. The fraction of sp³-hybridized carbons (Fsp3) is 0.933. The van der Waals surface area contributed by atoms with Crippen molar-refractivity contribution in [2.24, 2.45) is 0 Å². The summed E-state index contributed by atoms with van der Waals surface area (Å²) in [5.74, 6) is -0.0725. The number of esters is 1. The molecule has 0 radical (unpaired) electrons. The van der Waals surface area contributed by atoms with Gasteiger partial charge in [-0.3, -0.25) is 9.59 Å². The molecule has 0 spiro atoms. The first-order valence-corrected chi connectivity index (χ1v) is 30.0. The summed E-state index contributed by atoms with van der Waals surface area (Å²) >= 11 is 0. The normalized spacial score (nSPS) is 12.6. The molecule has 0 aliphatic rings. The molecular formula is C60H117NO5. The Balaban J connectivity index is 3.46. The molecule has 0 saturated carbocycles. The molecule has 2 atom stereocenters. The van der Waals surface area contributed by atoms with Gasteiger partial charge < -0.3 is 20.3 Å². The monoisotopic (exact) mass is 932 g/mol. The van der Waals surface area contributed by atoms with Gasteiger partial charge in [0.2, 0.25) is 5.91 Å². The molecule has 0 aromatic carbocycles. The van der Waals surface area contributed by atoms with Gasteiger partial charge in [0.15, 0.2) is 0 Å². The van der Waals surface area contributed by atoms with E-state index in [2.05, 4.69) is 19.2 Å². The van der Waals surface area contributed by atoms with Crippen molar-refractivity contribution >= 4 is 11.9 Å². The second kappa shape index (κ2) is 56.2. The average Bonchev–Trinajstić information content (AvgIpc) is 3.32. The number of hydrogen-bond acceptors (Lipinski definition) is 5. The molecule has 0 aliphatic carbocycles. The van der Waals surface area contributed by atoms with Crippen molar-refractivity contribution in [3.63, 3.8) is 0 Å². The van der Waals surface area contributed by atoms with Crippen molar-refractivity contribution in [1.29, 1.82) is 0 Å². The predicted molar refractivity (Wildman–Crippen MR) is 287 cm³/mol. The van der Waals surface area contributed by atoms with Gasteiger partial charge in [-0.1, -0.05) is 302 Å². The number of amides is 1. The van der Waals surface area contributed by atoms with E-state index < -0.39 is 12.1 Å². The van der Waals surface area contributed by atoms with Crippen LogP contribution >= 0.6 is 0 Å². The van der Waals surface area contributed by atoms with Crippen LogP contribution in [0.25, 0.3) is 0 Å². The molecule has 0 fully saturated rings.